The summed E-state index contributed by atoms with van der Waals surface area (Å²) in [4.78, 5) is 2.28. The first-order chi connectivity index (χ1) is 9.28. The van der Waals surface area contributed by atoms with Gasteiger partial charge in [0.15, 0.2) is 0 Å². The molecule has 0 atom stereocenters. The van der Waals surface area contributed by atoms with Gasteiger partial charge in [0.1, 0.15) is 18.2 Å². The third-order valence-electron chi connectivity index (χ3n) is 3.14. The number of benzene rings is 1. The summed E-state index contributed by atoms with van der Waals surface area (Å²) in [5.41, 5.74) is 6.36. The zero-order valence-corrected chi connectivity index (χ0v) is 11.1. The largest absolute Gasteiger partial charge is 0.492 e. The summed E-state index contributed by atoms with van der Waals surface area (Å²) in [7, 11) is 0. The smallest absolute Gasteiger partial charge is 0.127 e. The Morgan fingerprint density at radius 2 is 2.05 bits per heavy atom. The number of nitrogens with zero attached hydrogens (tertiary/aromatic N) is 1. The van der Waals surface area contributed by atoms with Crippen molar-refractivity contribution in [1.29, 1.82) is 0 Å². The quantitative estimate of drug-likeness (QED) is 0.837. The number of morpholine rings is 1. The van der Waals surface area contributed by atoms with E-state index < -0.39 is 0 Å². The van der Waals surface area contributed by atoms with Crippen molar-refractivity contribution in [2.24, 2.45) is 5.73 Å². The van der Waals surface area contributed by atoms with Gasteiger partial charge in [-0.25, -0.2) is 4.39 Å². The molecule has 1 fully saturated rings. The van der Waals surface area contributed by atoms with E-state index in [1.54, 1.807) is 0 Å². The molecule has 5 heteroatoms. The van der Waals surface area contributed by atoms with Gasteiger partial charge in [0, 0.05) is 25.7 Å². The van der Waals surface area contributed by atoms with Gasteiger partial charge in [-0.2, -0.15) is 0 Å². The second kappa shape index (κ2) is 7.43. The summed E-state index contributed by atoms with van der Waals surface area (Å²) >= 11 is 0. The zero-order valence-electron chi connectivity index (χ0n) is 11.1. The third kappa shape index (κ3) is 4.78. The van der Waals surface area contributed by atoms with Crippen LogP contribution in [0.2, 0.25) is 0 Å². The molecule has 106 valence electrons. The predicted octanol–water partition coefficient (Wildman–Crippen LogP) is 1.04. The van der Waals surface area contributed by atoms with Crippen LogP contribution in [0.25, 0.3) is 0 Å². The number of ether oxygens (including phenoxy) is 2. The fourth-order valence-electron chi connectivity index (χ4n) is 2.13. The third-order valence-corrected chi connectivity index (χ3v) is 3.14. The lowest BCUT2D eigenvalue weighted by Gasteiger charge is -2.26. The molecule has 0 saturated carbocycles. The molecule has 2 N–H and O–H groups in total. The van der Waals surface area contributed by atoms with Gasteiger partial charge in [0.25, 0.3) is 0 Å². The van der Waals surface area contributed by atoms with Gasteiger partial charge in [-0.1, -0.05) is 0 Å². The molecule has 1 heterocycles. The van der Waals surface area contributed by atoms with Gasteiger partial charge in [-0.15, -0.1) is 0 Å². The normalized spacial score (nSPS) is 16.5. The Labute approximate surface area is 113 Å². The maximum absolute atomic E-state index is 13.4. The van der Waals surface area contributed by atoms with Crippen LogP contribution < -0.4 is 10.5 Å². The summed E-state index contributed by atoms with van der Waals surface area (Å²) in [5.74, 6) is 0.309. The summed E-state index contributed by atoms with van der Waals surface area (Å²) in [6, 6.07) is 4.77. The maximum atomic E-state index is 13.4. The first-order valence-corrected chi connectivity index (χ1v) is 6.70. The van der Waals surface area contributed by atoms with Gasteiger partial charge in [-0.3, -0.25) is 4.90 Å². The van der Waals surface area contributed by atoms with Gasteiger partial charge < -0.3 is 15.2 Å². The summed E-state index contributed by atoms with van der Waals surface area (Å²) in [6.07, 6.45) is 0.664. The fraction of sp³-hybridized carbons (Fsp3) is 0.571. The molecule has 1 aliphatic heterocycles. The minimum atomic E-state index is -0.271. The Hall–Kier alpha value is -1.17. The second-order valence-electron chi connectivity index (χ2n) is 4.64. The highest BCUT2D eigenvalue weighted by atomic mass is 19.1. The number of halogens is 1. The molecule has 0 bridgehead atoms. The second-order valence-corrected chi connectivity index (χ2v) is 4.64. The molecule has 0 spiro atoms. The summed E-state index contributed by atoms with van der Waals surface area (Å²) < 4.78 is 24.3. The summed E-state index contributed by atoms with van der Waals surface area (Å²) in [6.45, 7) is 5.34. The molecular weight excluding hydrogens is 247 g/mol. The average Bonchev–Trinajstić information content (AvgIpc) is 2.40. The molecular formula is C14H21FN2O2. The van der Waals surface area contributed by atoms with Crippen molar-refractivity contribution in [3.63, 3.8) is 0 Å². The molecule has 0 radical (unpaired) electrons. The van der Waals surface area contributed by atoms with Crippen molar-refractivity contribution in [3.05, 3.63) is 29.6 Å². The molecule has 1 aromatic carbocycles. The van der Waals surface area contributed by atoms with E-state index in [-0.39, 0.29) is 5.82 Å². The first-order valence-electron chi connectivity index (χ1n) is 6.70. The Balaban J connectivity index is 1.81. The first kappa shape index (κ1) is 14.2. The Kier molecular flexibility index (Phi) is 5.57. The molecule has 0 aromatic heterocycles. The van der Waals surface area contributed by atoms with Gasteiger partial charge in [-0.05, 0) is 30.7 Å². The highest BCUT2D eigenvalue weighted by Crippen LogP contribution is 2.16. The van der Waals surface area contributed by atoms with Crippen LogP contribution in [0.3, 0.4) is 0 Å². The van der Waals surface area contributed by atoms with Crippen LogP contribution in [0.1, 0.15) is 5.56 Å². The standard InChI is InChI=1S/C14H21FN2O2/c15-13-9-12(1-2-16)10-14(11-13)19-8-5-17-3-6-18-7-4-17/h9-11H,1-8,16H2. The van der Waals surface area contributed by atoms with E-state index in [2.05, 4.69) is 4.90 Å². The highest BCUT2D eigenvalue weighted by molar-refractivity contribution is 5.29. The Bertz CT molecular complexity index is 395. The van der Waals surface area contributed by atoms with Crippen molar-refractivity contribution in [2.45, 2.75) is 6.42 Å². The van der Waals surface area contributed by atoms with Crippen molar-refractivity contribution in [2.75, 3.05) is 46.0 Å². The number of nitrogens with two attached hydrogens (primary N) is 1. The van der Waals surface area contributed by atoms with E-state index in [4.69, 9.17) is 15.2 Å². The number of rotatable bonds is 6. The molecule has 1 aromatic rings. The maximum Gasteiger partial charge on any atom is 0.127 e. The minimum Gasteiger partial charge on any atom is -0.492 e. The molecule has 1 aliphatic rings. The summed E-state index contributed by atoms with van der Waals surface area (Å²) in [5, 5.41) is 0. The van der Waals surface area contributed by atoms with E-state index in [0.717, 1.165) is 38.4 Å². The lowest BCUT2D eigenvalue weighted by molar-refractivity contribution is 0.0322. The average molecular weight is 268 g/mol. The van der Waals surface area contributed by atoms with Crippen LogP contribution in [0.4, 0.5) is 4.39 Å². The topological polar surface area (TPSA) is 47.7 Å². The highest BCUT2D eigenvalue weighted by Gasteiger charge is 2.10. The van der Waals surface area contributed by atoms with Crippen LogP contribution in [-0.2, 0) is 11.2 Å². The molecule has 4 nitrogen and oxygen atoms in total. The van der Waals surface area contributed by atoms with Crippen LogP contribution >= 0.6 is 0 Å². The van der Waals surface area contributed by atoms with Crippen LogP contribution in [0.5, 0.6) is 5.75 Å². The number of hydrogen-bond acceptors (Lipinski definition) is 4. The molecule has 0 amide bonds. The molecule has 2 rings (SSSR count). The van der Waals surface area contributed by atoms with Crippen molar-refractivity contribution >= 4 is 0 Å². The van der Waals surface area contributed by atoms with Gasteiger partial charge in [0.2, 0.25) is 0 Å². The Morgan fingerprint density at radius 1 is 1.26 bits per heavy atom. The Morgan fingerprint density at radius 3 is 2.79 bits per heavy atom. The lowest BCUT2D eigenvalue weighted by Crippen LogP contribution is -2.38. The zero-order chi connectivity index (χ0) is 13.5. The lowest BCUT2D eigenvalue weighted by atomic mass is 10.1. The molecule has 0 aliphatic carbocycles. The SMILES string of the molecule is NCCc1cc(F)cc(OCCN2CCOCC2)c1. The van der Waals surface area contributed by atoms with Gasteiger partial charge >= 0.3 is 0 Å². The van der Waals surface area contributed by atoms with E-state index in [1.807, 2.05) is 6.07 Å². The van der Waals surface area contributed by atoms with Gasteiger partial charge in [0.05, 0.1) is 13.2 Å². The van der Waals surface area contributed by atoms with E-state index in [9.17, 15) is 4.39 Å². The molecule has 19 heavy (non-hydrogen) atoms. The van der Waals surface area contributed by atoms with E-state index >= 15 is 0 Å². The van der Waals surface area contributed by atoms with Crippen LogP contribution in [-0.4, -0.2) is 50.9 Å². The van der Waals surface area contributed by atoms with Crippen LogP contribution in [0.15, 0.2) is 18.2 Å². The van der Waals surface area contributed by atoms with Crippen molar-refractivity contribution in [1.82, 2.24) is 4.90 Å². The predicted molar refractivity (Wildman–Crippen MR) is 71.9 cm³/mol. The minimum absolute atomic E-state index is 0.271. The molecule has 0 unspecified atom stereocenters. The fourth-order valence-corrected chi connectivity index (χ4v) is 2.13. The van der Waals surface area contributed by atoms with E-state index in [1.165, 1.54) is 12.1 Å². The van der Waals surface area contributed by atoms with Crippen molar-refractivity contribution < 1.29 is 13.9 Å². The monoisotopic (exact) mass is 268 g/mol. The number of hydrogen-bond donors (Lipinski definition) is 1. The van der Waals surface area contributed by atoms with Crippen LogP contribution in [0, 0.1) is 5.82 Å². The van der Waals surface area contributed by atoms with Crippen molar-refractivity contribution in [3.8, 4) is 5.75 Å². The van der Waals surface area contributed by atoms with E-state index in [0.29, 0.717) is 25.3 Å². The molecule has 1 saturated heterocycles.